The lowest BCUT2D eigenvalue weighted by Gasteiger charge is -2.35. The number of aliphatic carboxylic acids is 1. The zero-order valence-corrected chi connectivity index (χ0v) is 19.0. The lowest BCUT2D eigenvalue weighted by molar-refractivity contribution is -0.137. The average Bonchev–Trinajstić information content (AvgIpc) is 3.18. The number of alkyl halides is 4. The summed E-state index contributed by atoms with van der Waals surface area (Å²) in [4.78, 5) is 26.4. The summed E-state index contributed by atoms with van der Waals surface area (Å²) in [6, 6.07) is 9.81. The average molecular weight is 534 g/mol. The van der Waals surface area contributed by atoms with E-state index in [4.69, 9.17) is 0 Å². The number of nitrogens with zero attached hydrogens (tertiary/aromatic N) is 4. The van der Waals surface area contributed by atoms with E-state index in [-0.39, 0.29) is 28.2 Å². The fourth-order valence-electron chi connectivity index (χ4n) is 4.04. The van der Waals surface area contributed by atoms with Gasteiger partial charge in [0.05, 0.1) is 22.8 Å². The van der Waals surface area contributed by atoms with Gasteiger partial charge in [-0.2, -0.15) is 18.4 Å². The number of fused-ring (bicyclic) bond motifs is 1. The molecule has 174 valence electrons. The molecule has 1 aromatic heterocycles. The van der Waals surface area contributed by atoms with Crippen LogP contribution in [-0.2, 0) is 16.3 Å². The van der Waals surface area contributed by atoms with E-state index in [1.165, 1.54) is 30.0 Å². The number of H-pyrrole nitrogens is 1. The highest BCUT2D eigenvalue weighted by Gasteiger charge is 2.40. The van der Waals surface area contributed by atoms with Crippen LogP contribution in [-0.4, -0.2) is 25.8 Å². The van der Waals surface area contributed by atoms with Gasteiger partial charge in [-0.05, 0) is 48.4 Å². The van der Waals surface area contributed by atoms with Gasteiger partial charge in [-0.25, -0.2) is 19.3 Å². The van der Waals surface area contributed by atoms with Crippen molar-refractivity contribution in [1.29, 1.82) is 5.26 Å². The predicted octanol–water partition coefficient (Wildman–Crippen LogP) is 4.46. The third-order valence-electron chi connectivity index (χ3n) is 5.52. The SMILES string of the molecule is CC1=C(C(=O)O)[C@@H](c2ccc(C#N)cc2CBr)n2c(n[nH]c2=O)N1c1cccc(C(F)(F)F)c1. The van der Waals surface area contributed by atoms with E-state index in [1.807, 2.05) is 6.07 Å². The summed E-state index contributed by atoms with van der Waals surface area (Å²) in [5.74, 6) is -1.43. The number of aromatic amines is 1. The van der Waals surface area contributed by atoms with Crippen LogP contribution in [0.15, 0.2) is 58.5 Å². The molecule has 8 nitrogen and oxygen atoms in total. The molecule has 0 aliphatic carbocycles. The second-order valence-electron chi connectivity index (χ2n) is 7.45. The van der Waals surface area contributed by atoms with Gasteiger partial charge in [-0.15, -0.1) is 5.10 Å². The molecule has 1 atom stereocenters. The number of rotatable bonds is 4. The van der Waals surface area contributed by atoms with Gasteiger partial charge in [0.25, 0.3) is 0 Å². The number of allylic oxidation sites excluding steroid dienone is 1. The van der Waals surface area contributed by atoms with Crippen LogP contribution in [0.4, 0.5) is 24.8 Å². The minimum absolute atomic E-state index is 0.00896. The topological polar surface area (TPSA) is 115 Å². The van der Waals surface area contributed by atoms with Crippen LogP contribution in [0.2, 0.25) is 0 Å². The van der Waals surface area contributed by atoms with E-state index in [0.717, 1.165) is 16.7 Å². The summed E-state index contributed by atoms with van der Waals surface area (Å²) in [5, 5.41) is 25.9. The molecule has 1 aliphatic rings. The summed E-state index contributed by atoms with van der Waals surface area (Å²) in [7, 11) is 0. The number of carboxylic acid groups (broad SMARTS) is 1. The molecule has 0 saturated carbocycles. The number of carbonyl (C=O) groups is 1. The second kappa shape index (κ2) is 8.49. The molecular weight excluding hydrogens is 519 g/mol. The Morgan fingerprint density at radius 2 is 2.03 bits per heavy atom. The van der Waals surface area contributed by atoms with Crippen LogP contribution >= 0.6 is 15.9 Å². The molecule has 0 saturated heterocycles. The van der Waals surface area contributed by atoms with Crippen LogP contribution in [0.5, 0.6) is 0 Å². The Morgan fingerprint density at radius 1 is 1.29 bits per heavy atom. The summed E-state index contributed by atoms with van der Waals surface area (Å²) >= 11 is 3.33. The molecule has 2 N–H and O–H groups in total. The number of nitrogens with one attached hydrogen (secondary N) is 1. The lowest BCUT2D eigenvalue weighted by atomic mass is 9.90. The first kappa shape index (κ1) is 23.3. The molecule has 3 aromatic rings. The number of anilines is 2. The zero-order valence-electron chi connectivity index (χ0n) is 17.4. The number of hydrogen-bond acceptors (Lipinski definition) is 5. The molecule has 12 heteroatoms. The Hall–Kier alpha value is -3.85. The van der Waals surface area contributed by atoms with Crippen LogP contribution in [0.3, 0.4) is 0 Å². The van der Waals surface area contributed by atoms with E-state index in [2.05, 4.69) is 26.1 Å². The van der Waals surface area contributed by atoms with Gasteiger partial charge < -0.3 is 5.11 Å². The van der Waals surface area contributed by atoms with Gasteiger partial charge in [0, 0.05) is 16.7 Å². The number of aromatic nitrogens is 3. The maximum atomic E-state index is 13.3. The number of benzene rings is 2. The first-order valence-electron chi connectivity index (χ1n) is 9.75. The van der Waals surface area contributed by atoms with Crippen molar-refractivity contribution < 1.29 is 23.1 Å². The summed E-state index contributed by atoms with van der Waals surface area (Å²) in [6.07, 6.45) is -4.62. The highest BCUT2D eigenvalue weighted by Crippen LogP contribution is 2.43. The van der Waals surface area contributed by atoms with E-state index in [0.29, 0.717) is 16.7 Å². The molecule has 0 amide bonds. The Morgan fingerprint density at radius 3 is 2.65 bits per heavy atom. The van der Waals surface area contributed by atoms with Crippen molar-refractivity contribution >= 4 is 33.5 Å². The highest BCUT2D eigenvalue weighted by molar-refractivity contribution is 9.08. The van der Waals surface area contributed by atoms with Gasteiger partial charge in [-0.1, -0.05) is 28.1 Å². The van der Waals surface area contributed by atoms with Gasteiger partial charge in [0.1, 0.15) is 6.04 Å². The summed E-state index contributed by atoms with van der Waals surface area (Å²) in [6.45, 7) is 1.44. The molecule has 0 bridgehead atoms. The number of halogens is 4. The number of carboxylic acids is 1. The fraction of sp³-hybridized carbons (Fsp3) is 0.182. The summed E-state index contributed by atoms with van der Waals surface area (Å²) < 4.78 is 41.1. The molecule has 2 aromatic carbocycles. The van der Waals surface area contributed by atoms with Crippen molar-refractivity contribution in [2.24, 2.45) is 0 Å². The monoisotopic (exact) mass is 533 g/mol. The molecule has 0 unspecified atom stereocenters. The maximum Gasteiger partial charge on any atom is 0.416 e. The van der Waals surface area contributed by atoms with Gasteiger partial charge in [-0.3, -0.25) is 4.90 Å². The van der Waals surface area contributed by atoms with Crippen LogP contribution < -0.4 is 10.6 Å². The smallest absolute Gasteiger partial charge is 0.416 e. The molecule has 0 fully saturated rings. The van der Waals surface area contributed by atoms with Gasteiger partial charge >= 0.3 is 17.8 Å². The largest absolute Gasteiger partial charge is 0.478 e. The molecular formula is C22H15BrF3N5O3. The third-order valence-corrected chi connectivity index (χ3v) is 6.12. The minimum atomic E-state index is -4.62. The number of hydrogen-bond donors (Lipinski definition) is 2. The molecule has 1 aliphatic heterocycles. The maximum absolute atomic E-state index is 13.3. The Labute approximate surface area is 198 Å². The molecule has 0 radical (unpaired) electrons. The predicted molar refractivity (Wildman–Crippen MR) is 119 cm³/mol. The normalized spacial score (nSPS) is 15.8. The van der Waals surface area contributed by atoms with E-state index in [1.54, 1.807) is 12.1 Å². The quantitative estimate of drug-likeness (QED) is 0.478. The van der Waals surface area contributed by atoms with Crippen molar-refractivity contribution in [2.45, 2.75) is 24.5 Å². The second-order valence-corrected chi connectivity index (χ2v) is 8.01. The van der Waals surface area contributed by atoms with E-state index < -0.39 is 29.4 Å². The van der Waals surface area contributed by atoms with Crippen LogP contribution in [0.25, 0.3) is 0 Å². The highest BCUT2D eigenvalue weighted by atomic mass is 79.9. The van der Waals surface area contributed by atoms with Crippen molar-refractivity contribution in [3.63, 3.8) is 0 Å². The Bertz CT molecular complexity index is 1430. The molecule has 0 spiro atoms. The third kappa shape index (κ3) is 3.77. The first-order chi connectivity index (χ1) is 16.1. The van der Waals surface area contributed by atoms with E-state index in [9.17, 15) is 33.1 Å². The van der Waals surface area contributed by atoms with Crippen molar-refractivity contribution in [3.8, 4) is 6.07 Å². The van der Waals surface area contributed by atoms with Crippen molar-refractivity contribution in [1.82, 2.24) is 14.8 Å². The van der Waals surface area contributed by atoms with Gasteiger partial charge in [0.2, 0.25) is 5.95 Å². The molecule has 2 heterocycles. The van der Waals surface area contributed by atoms with Crippen LogP contribution in [0.1, 0.15) is 35.2 Å². The standard InChI is InChI=1S/C22H15BrF3N5O3/c1-11-17(19(32)33)18(16-6-5-12(10-27)7-13(16)9-23)31-20(28-29-21(31)34)30(11)15-4-2-3-14(8-15)22(24,25)26/h2-8,18H,9H2,1H3,(H,29,34)(H,32,33)/t18-/m1/s1. The summed E-state index contributed by atoms with van der Waals surface area (Å²) in [5.41, 5.74) is -0.470. The van der Waals surface area contributed by atoms with Crippen molar-refractivity contribution in [2.75, 3.05) is 4.90 Å². The number of nitriles is 1. The van der Waals surface area contributed by atoms with Gasteiger partial charge in [0.15, 0.2) is 0 Å². The Kier molecular flexibility index (Phi) is 5.82. The fourth-order valence-corrected chi connectivity index (χ4v) is 4.52. The zero-order chi connectivity index (χ0) is 24.8. The van der Waals surface area contributed by atoms with Crippen molar-refractivity contribution in [3.05, 3.63) is 86.5 Å². The minimum Gasteiger partial charge on any atom is -0.478 e. The molecule has 34 heavy (non-hydrogen) atoms. The lowest BCUT2D eigenvalue weighted by Crippen LogP contribution is -2.37. The van der Waals surface area contributed by atoms with Crippen LogP contribution in [0, 0.1) is 11.3 Å². The van der Waals surface area contributed by atoms with E-state index >= 15 is 0 Å². The first-order valence-corrected chi connectivity index (χ1v) is 10.9. The molecule has 4 rings (SSSR count). The Balaban J connectivity index is 2.02.